The van der Waals surface area contributed by atoms with Gasteiger partial charge in [-0.3, -0.25) is 0 Å². The van der Waals surface area contributed by atoms with Crippen molar-refractivity contribution in [1.29, 1.82) is 5.26 Å². The third kappa shape index (κ3) is 4.90. The molecule has 4 heteroatoms. The van der Waals surface area contributed by atoms with Crippen LogP contribution in [0.1, 0.15) is 40.0 Å². The molecule has 1 fully saturated rings. The van der Waals surface area contributed by atoms with Crippen LogP contribution in [0.5, 0.6) is 0 Å². The molecule has 0 bridgehead atoms. The summed E-state index contributed by atoms with van der Waals surface area (Å²) in [4.78, 5) is 13.6. The Labute approximate surface area is 103 Å². The maximum Gasteiger partial charge on any atom is 0.410 e. The summed E-state index contributed by atoms with van der Waals surface area (Å²) in [7, 11) is 0. The Bertz CT molecular complexity index is 347. The highest BCUT2D eigenvalue weighted by Crippen LogP contribution is 2.18. The van der Waals surface area contributed by atoms with Crippen LogP contribution in [-0.4, -0.2) is 29.7 Å². The molecule has 1 aliphatic rings. The fourth-order valence-electron chi connectivity index (χ4n) is 1.75. The summed E-state index contributed by atoms with van der Waals surface area (Å²) >= 11 is 0. The second-order valence-corrected chi connectivity index (χ2v) is 5.29. The molecule has 0 aromatic rings. The monoisotopic (exact) mass is 236 g/mol. The normalized spacial score (nSPS) is 19.6. The highest BCUT2D eigenvalue weighted by atomic mass is 16.6. The van der Waals surface area contributed by atoms with E-state index in [0.29, 0.717) is 13.1 Å². The first kappa shape index (κ1) is 13.6. The molecular weight excluding hydrogens is 216 g/mol. The van der Waals surface area contributed by atoms with E-state index in [9.17, 15) is 4.79 Å². The first-order valence-electron chi connectivity index (χ1n) is 5.98. The fraction of sp³-hybridized carbons (Fsp3) is 0.692. The molecule has 94 valence electrons. The molecule has 1 aliphatic heterocycles. The zero-order chi connectivity index (χ0) is 12.9. The summed E-state index contributed by atoms with van der Waals surface area (Å²) in [6.45, 7) is 6.79. The van der Waals surface area contributed by atoms with Crippen molar-refractivity contribution in [1.82, 2.24) is 4.90 Å². The quantitative estimate of drug-likeness (QED) is 0.608. The lowest BCUT2D eigenvalue weighted by molar-refractivity contribution is 0.0271. The van der Waals surface area contributed by atoms with Gasteiger partial charge in [0.05, 0.1) is 6.07 Å². The Kier molecular flexibility index (Phi) is 4.56. The minimum Gasteiger partial charge on any atom is -0.444 e. The lowest BCUT2D eigenvalue weighted by Crippen LogP contribution is -2.37. The molecule has 17 heavy (non-hydrogen) atoms. The lowest BCUT2D eigenvalue weighted by Gasteiger charge is -2.26. The number of rotatable bonds is 0. The second kappa shape index (κ2) is 5.72. The molecule has 1 saturated heterocycles. The van der Waals surface area contributed by atoms with Crippen molar-refractivity contribution in [3.8, 4) is 6.07 Å². The molecule has 0 atom stereocenters. The van der Waals surface area contributed by atoms with Crippen LogP contribution in [0.25, 0.3) is 0 Å². The predicted octanol–water partition coefficient (Wildman–Crippen LogP) is 2.86. The van der Waals surface area contributed by atoms with E-state index in [-0.39, 0.29) is 6.09 Å². The van der Waals surface area contributed by atoms with Gasteiger partial charge in [0.2, 0.25) is 0 Å². The van der Waals surface area contributed by atoms with Crippen molar-refractivity contribution in [2.24, 2.45) is 0 Å². The Morgan fingerprint density at radius 1 is 1.47 bits per heavy atom. The maximum atomic E-state index is 11.9. The van der Waals surface area contributed by atoms with Gasteiger partial charge in [-0.25, -0.2) is 4.79 Å². The molecule has 1 amide bonds. The minimum absolute atomic E-state index is 0.289. The van der Waals surface area contributed by atoms with Gasteiger partial charge < -0.3 is 9.64 Å². The van der Waals surface area contributed by atoms with Crippen molar-refractivity contribution in [3.05, 3.63) is 11.6 Å². The van der Waals surface area contributed by atoms with E-state index in [0.717, 1.165) is 24.8 Å². The molecular formula is C13H20N2O2. The van der Waals surface area contributed by atoms with Gasteiger partial charge in [0, 0.05) is 19.2 Å². The molecule has 0 aliphatic carbocycles. The average molecular weight is 236 g/mol. The molecule has 0 N–H and O–H groups in total. The Morgan fingerprint density at radius 2 is 2.18 bits per heavy atom. The van der Waals surface area contributed by atoms with E-state index >= 15 is 0 Å². The van der Waals surface area contributed by atoms with E-state index in [1.165, 1.54) is 0 Å². The SMILES string of the molecule is CC(C)(C)OC(=O)N1CCCCC(=CC#N)C1. The largest absolute Gasteiger partial charge is 0.444 e. The van der Waals surface area contributed by atoms with Crippen LogP contribution in [0.2, 0.25) is 0 Å². The van der Waals surface area contributed by atoms with Crippen molar-refractivity contribution >= 4 is 6.09 Å². The molecule has 1 rings (SSSR count). The first-order chi connectivity index (χ1) is 7.92. The summed E-state index contributed by atoms with van der Waals surface area (Å²) in [5.41, 5.74) is 0.540. The van der Waals surface area contributed by atoms with E-state index < -0.39 is 5.60 Å². The molecule has 1 heterocycles. The van der Waals surface area contributed by atoms with Crippen LogP contribution in [0.4, 0.5) is 4.79 Å². The zero-order valence-electron chi connectivity index (χ0n) is 10.8. The number of amides is 1. The Balaban J connectivity index is 2.66. The number of likely N-dealkylation sites (tertiary alicyclic amines) is 1. The number of nitrogens with zero attached hydrogens (tertiary/aromatic N) is 2. The molecule has 0 radical (unpaired) electrons. The number of hydrogen-bond donors (Lipinski definition) is 0. The van der Waals surface area contributed by atoms with Crippen molar-refractivity contribution in [2.45, 2.75) is 45.6 Å². The summed E-state index contributed by atoms with van der Waals surface area (Å²) in [5, 5.41) is 8.66. The van der Waals surface area contributed by atoms with E-state index in [4.69, 9.17) is 10.00 Å². The van der Waals surface area contributed by atoms with Gasteiger partial charge in [-0.15, -0.1) is 0 Å². The van der Waals surface area contributed by atoms with Gasteiger partial charge in [0.1, 0.15) is 5.60 Å². The van der Waals surface area contributed by atoms with Gasteiger partial charge in [-0.2, -0.15) is 5.26 Å². The second-order valence-electron chi connectivity index (χ2n) is 5.29. The summed E-state index contributed by atoms with van der Waals surface area (Å²) < 4.78 is 5.34. The van der Waals surface area contributed by atoms with Crippen molar-refractivity contribution in [3.63, 3.8) is 0 Å². The van der Waals surface area contributed by atoms with Crippen LogP contribution < -0.4 is 0 Å². The topological polar surface area (TPSA) is 53.3 Å². The third-order valence-corrected chi connectivity index (χ3v) is 2.49. The maximum absolute atomic E-state index is 11.9. The highest BCUT2D eigenvalue weighted by molar-refractivity contribution is 5.68. The number of carbonyl (C=O) groups excluding carboxylic acids is 1. The van der Waals surface area contributed by atoms with E-state index in [1.54, 1.807) is 11.0 Å². The molecule has 0 aromatic heterocycles. The van der Waals surface area contributed by atoms with Gasteiger partial charge >= 0.3 is 6.09 Å². The van der Waals surface area contributed by atoms with Gasteiger partial charge in [0.25, 0.3) is 0 Å². The molecule has 0 saturated carbocycles. The molecule has 4 nitrogen and oxygen atoms in total. The molecule has 0 spiro atoms. The predicted molar refractivity (Wildman–Crippen MR) is 65.4 cm³/mol. The molecule has 0 aromatic carbocycles. The number of carbonyl (C=O) groups is 1. The average Bonchev–Trinajstić information content (AvgIpc) is 2.41. The van der Waals surface area contributed by atoms with Gasteiger partial charge in [-0.1, -0.05) is 0 Å². The van der Waals surface area contributed by atoms with Crippen LogP contribution in [0.3, 0.4) is 0 Å². The van der Waals surface area contributed by atoms with Crippen LogP contribution >= 0.6 is 0 Å². The summed E-state index contributed by atoms with van der Waals surface area (Å²) in [6.07, 6.45) is 4.13. The van der Waals surface area contributed by atoms with Gasteiger partial charge in [-0.05, 0) is 45.6 Å². The van der Waals surface area contributed by atoms with Crippen LogP contribution in [-0.2, 0) is 4.74 Å². The van der Waals surface area contributed by atoms with Crippen molar-refractivity contribution in [2.75, 3.05) is 13.1 Å². The van der Waals surface area contributed by atoms with Crippen LogP contribution in [0.15, 0.2) is 11.6 Å². The third-order valence-electron chi connectivity index (χ3n) is 2.49. The number of nitriles is 1. The van der Waals surface area contributed by atoms with Crippen LogP contribution in [0, 0.1) is 11.3 Å². The molecule has 0 unspecified atom stereocenters. The van der Waals surface area contributed by atoms with E-state index in [2.05, 4.69) is 0 Å². The van der Waals surface area contributed by atoms with E-state index in [1.807, 2.05) is 26.8 Å². The first-order valence-corrected chi connectivity index (χ1v) is 5.98. The smallest absolute Gasteiger partial charge is 0.410 e. The summed E-state index contributed by atoms with van der Waals surface area (Å²) in [6, 6.07) is 2.03. The Morgan fingerprint density at radius 3 is 2.76 bits per heavy atom. The standard InChI is InChI=1S/C13H20N2O2/c1-13(2,3)17-12(16)15-9-5-4-6-11(10-15)7-8-14/h7H,4-6,9-10H2,1-3H3. The number of ether oxygens (including phenoxy) is 1. The highest BCUT2D eigenvalue weighted by Gasteiger charge is 2.23. The number of hydrogen-bond acceptors (Lipinski definition) is 3. The Hall–Kier alpha value is -1.50. The fourth-order valence-corrected chi connectivity index (χ4v) is 1.75. The minimum atomic E-state index is -0.470. The lowest BCUT2D eigenvalue weighted by atomic mass is 10.1. The van der Waals surface area contributed by atoms with Crippen molar-refractivity contribution < 1.29 is 9.53 Å². The zero-order valence-corrected chi connectivity index (χ0v) is 10.8. The number of allylic oxidation sites excluding steroid dienone is 1. The summed E-state index contributed by atoms with van der Waals surface area (Å²) in [5.74, 6) is 0. The van der Waals surface area contributed by atoms with Gasteiger partial charge in [0.15, 0.2) is 0 Å².